The van der Waals surface area contributed by atoms with E-state index in [1.807, 2.05) is 42.5 Å². The van der Waals surface area contributed by atoms with Crippen LogP contribution in [0.1, 0.15) is 5.56 Å². The smallest absolute Gasteiger partial charge is 0.321 e. The van der Waals surface area contributed by atoms with E-state index in [0.717, 1.165) is 16.8 Å². The Bertz CT molecular complexity index is 618. The maximum absolute atomic E-state index is 10.9. The summed E-state index contributed by atoms with van der Waals surface area (Å²) in [6, 6.07) is 14.9. The van der Waals surface area contributed by atoms with Gasteiger partial charge in [-0.1, -0.05) is 24.3 Å². The van der Waals surface area contributed by atoms with Gasteiger partial charge in [0.1, 0.15) is 5.92 Å². The maximum atomic E-state index is 10.9. The minimum Gasteiger partial charge on any atom is -0.480 e. The van der Waals surface area contributed by atoms with E-state index in [1.54, 1.807) is 12.3 Å². The van der Waals surface area contributed by atoms with Gasteiger partial charge in [0.05, 0.1) is 11.8 Å². The molecule has 19 heavy (non-hydrogen) atoms. The fourth-order valence-corrected chi connectivity index (χ4v) is 1.82. The van der Waals surface area contributed by atoms with Gasteiger partial charge in [-0.05, 0) is 30.2 Å². The molecule has 1 unspecified atom stereocenters. The first-order valence-corrected chi connectivity index (χ1v) is 5.83. The Hall–Kier alpha value is -2.67. The van der Waals surface area contributed by atoms with Crippen LogP contribution in [0.15, 0.2) is 48.7 Å². The topological polar surface area (TPSA) is 74.0 Å². The molecule has 0 radical (unpaired) electrons. The van der Waals surface area contributed by atoms with Gasteiger partial charge in [-0.15, -0.1) is 0 Å². The third kappa shape index (κ3) is 3.17. The second kappa shape index (κ2) is 5.78. The lowest BCUT2D eigenvalue weighted by Gasteiger charge is -2.06. The van der Waals surface area contributed by atoms with Crippen molar-refractivity contribution in [1.29, 1.82) is 5.26 Å². The van der Waals surface area contributed by atoms with Gasteiger partial charge in [-0.25, -0.2) is 0 Å². The number of aliphatic carboxylic acids is 1. The number of hydrogen-bond acceptors (Lipinski definition) is 3. The molecule has 0 aliphatic heterocycles. The van der Waals surface area contributed by atoms with E-state index < -0.39 is 11.9 Å². The van der Waals surface area contributed by atoms with E-state index in [0.29, 0.717) is 0 Å². The Balaban J connectivity index is 2.26. The molecular formula is C15H12N2O2. The molecule has 1 N–H and O–H groups in total. The molecule has 1 aromatic heterocycles. The quantitative estimate of drug-likeness (QED) is 0.907. The van der Waals surface area contributed by atoms with E-state index in [1.165, 1.54) is 0 Å². The Morgan fingerprint density at radius 3 is 2.79 bits per heavy atom. The van der Waals surface area contributed by atoms with Crippen LogP contribution in [0.3, 0.4) is 0 Å². The summed E-state index contributed by atoms with van der Waals surface area (Å²) < 4.78 is 0. The number of rotatable bonds is 4. The lowest BCUT2D eigenvalue weighted by molar-refractivity contribution is -0.139. The van der Waals surface area contributed by atoms with E-state index in [-0.39, 0.29) is 6.42 Å². The van der Waals surface area contributed by atoms with Crippen molar-refractivity contribution in [2.24, 2.45) is 5.92 Å². The molecule has 0 saturated heterocycles. The second-order valence-corrected chi connectivity index (χ2v) is 4.14. The molecule has 4 heteroatoms. The Morgan fingerprint density at radius 2 is 2.16 bits per heavy atom. The summed E-state index contributed by atoms with van der Waals surface area (Å²) in [4.78, 5) is 15.1. The summed E-state index contributed by atoms with van der Waals surface area (Å²) >= 11 is 0. The highest BCUT2D eigenvalue weighted by Gasteiger charge is 2.17. The van der Waals surface area contributed by atoms with Crippen LogP contribution in [-0.4, -0.2) is 16.1 Å². The fourth-order valence-electron chi connectivity index (χ4n) is 1.82. The summed E-state index contributed by atoms with van der Waals surface area (Å²) in [5, 5.41) is 17.7. The third-order valence-electron chi connectivity index (χ3n) is 2.78. The number of hydrogen-bond donors (Lipinski definition) is 1. The van der Waals surface area contributed by atoms with Gasteiger partial charge in [0, 0.05) is 11.8 Å². The predicted molar refractivity (Wildman–Crippen MR) is 70.1 cm³/mol. The van der Waals surface area contributed by atoms with E-state index in [9.17, 15) is 4.79 Å². The molecule has 0 saturated carbocycles. The van der Waals surface area contributed by atoms with Crippen LogP contribution in [0.5, 0.6) is 0 Å². The summed E-state index contributed by atoms with van der Waals surface area (Å²) in [6.45, 7) is 0. The lowest BCUT2D eigenvalue weighted by atomic mass is 9.98. The first-order valence-electron chi connectivity index (χ1n) is 5.83. The monoisotopic (exact) mass is 252 g/mol. The van der Waals surface area contributed by atoms with Crippen LogP contribution in [0.2, 0.25) is 0 Å². The molecule has 0 bridgehead atoms. The van der Waals surface area contributed by atoms with Crippen molar-refractivity contribution in [3.63, 3.8) is 0 Å². The number of carbonyl (C=O) groups is 1. The van der Waals surface area contributed by atoms with Crippen molar-refractivity contribution >= 4 is 5.97 Å². The molecule has 0 aliphatic rings. The second-order valence-electron chi connectivity index (χ2n) is 4.14. The first-order chi connectivity index (χ1) is 9.20. The van der Waals surface area contributed by atoms with Gasteiger partial charge in [0.2, 0.25) is 0 Å². The van der Waals surface area contributed by atoms with E-state index >= 15 is 0 Å². The van der Waals surface area contributed by atoms with Gasteiger partial charge in [0.15, 0.2) is 0 Å². The van der Waals surface area contributed by atoms with Crippen LogP contribution in [0, 0.1) is 17.2 Å². The van der Waals surface area contributed by atoms with Crippen LogP contribution < -0.4 is 0 Å². The van der Waals surface area contributed by atoms with E-state index in [4.69, 9.17) is 10.4 Å². The zero-order valence-corrected chi connectivity index (χ0v) is 10.2. The normalized spacial score (nSPS) is 11.5. The van der Waals surface area contributed by atoms with Crippen molar-refractivity contribution in [2.75, 3.05) is 0 Å². The lowest BCUT2D eigenvalue weighted by Crippen LogP contribution is -2.14. The molecular weight excluding hydrogens is 240 g/mol. The summed E-state index contributed by atoms with van der Waals surface area (Å²) in [7, 11) is 0. The molecule has 0 aliphatic carbocycles. The Labute approximate surface area is 111 Å². The molecule has 2 aromatic rings. The third-order valence-corrected chi connectivity index (χ3v) is 2.78. The molecule has 2 rings (SSSR count). The number of benzene rings is 1. The van der Waals surface area contributed by atoms with Gasteiger partial charge in [0.25, 0.3) is 0 Å². The van der Waals surface area contributed by atoms with Crippen molar-refractivity contribution in [2.45, 2.75) is 6.42 Å². The number of carboxylic acid groups (broad SMARTS) is 1. The Kier molecular flexibility index (Phi) is 3.89. The highest BCUT2D eigenvalue weighted by atomic mass is 16.4. The van der Waals surface area contributed by atoms with Crippen LogP contribution >= 0.6 is 0 Å². The van der Waals surface area contributed by atoms with Crippen LogP contribution in [-0.2, 0) is 11.2 Å². The van der Waals surface area contributed by atoms with Crippen molar-refractivity contribution in [1.82, 2.24) is 4.98 Å². The highest BCUT2D eigenvalue weighted by Crippen LogP contribution is 2.19. The number of nitriles is 1. The van der Waals surface area contributed by atoms with Crippen molar-refractivity contribution in [3.05, 3.63) is 54.2 Å². The zero-order chi connectivity index (χ0) is 13.7. The minimum absolute atomic E-state index is 0.201. The summed E-state index contributed by atoms with van der Waals surface area (Å²) in [5.41, 5.74) is 2.56. The molecule has 4 nitrogen and oxygen atoms in total. The predicted octanol–water partition coefficient (Wildman–Crippen LogP) is 2.52. The van der Waals surface area contributed by atoms with Gasteiger partial charge in [-0.2, -0.15) is 5.26 Å². The summed E-state index contributed by atoms with van der Waals surface area (Å²) in [6.07, 6.45) is 1.91. The average Bonchev–Trinajstić information content (AvgIpc) is 2.45. The maximum Gasteiger partial charge on any atom is 0.321 e. The van der Waals surface area contributed by atoms with Gasteiger partial charge >= 0.3 is 5.97 Å². The zero-order valence-electron chi connectivity index (χ0n) is 10.2. The molecule has 0 amide bonds. The van der Waals surface area contributed by atoms with Crippen molar-refractivity contribution in [3.8, 4) is 17.3 Å². The number of pyridine rings is 1. The molecule has 1 atom stereocenters. The molecule has 1 aromatic carbocycles. The van der Waals surface area contributed by atoms with Crippen LogP contribution in [0.4, 0.5) is 0 Å². The number of carboxylic acids is 1. The molecule has 0 fully saturated rings. The largest absolute Gasteiger partial charge is 0.480 e. The highest BCUT2D eigenvalue weighted by molar-refractivity contribution is 5.73. The SMILES string of the molecule is N#CC(Cc1cccc(-c2ccccn2)c1)C(=O)O. The minimum atomic E-state index is -1.09. The number of nitrogens with zero attached hydrogens (tertiary/aromatic N) is 2. The average molecular weight is 252 g/mol. The van der Waals surface area contributed by atoms with Gasteiger partial charge in [-0.3, -0.25) is 9.78 Å². The molecule has 0 spiro atoms. The van der Waals surface area contributed by atoms with E-state index in [2.05, 4.69) is 4.98 Å². The fraction of sp³-hybridized carbons (Fsp3) is 0.133. The van der Waals surface area contributed by atoms with Crippen molar-refractivity contribution < 1.29 is 9.90 Å². The summed E-state index contributed by atoms with van der Waals surface area (Å²) in [5.74, 6) is -2.11. The molecule has 94 valence electrons. The standard InChI is InChI=1S/C15H12N2O2/c16-10-13(15(18)19)9-11-4-3-5-12(8-11)14-6-1-2-7-17-14/h1-8,13H,9H2,(H,18,19). The Morgan fingerprint density at radius 1 is 1.32 bits per heavy atom. The number of aromatic nitrogens is 1. The van der Waals surface area contributed by atoms with Crippen LogP contribution in [0.25, 0.3) is 11.3 Å². The first kappa shape index (κ1) is 12.8. The van der Waals surface area contributed by atoms with Gasteiger partial charge < -0.3 is 5.11 Å². The molecule has 1 heterocycles.